The fourth-order valence-corrected chi connectivity index (χ4v) is 4.66. The molecule has 1 aromatic carbocycles. The lowest BCUT2D eigenvalue weighted by Gasteiger charge is -2.26. The molecule has 0 radical (unpaired) electrons. The molecule has 1 aromatic heterocycles. The third-order valence-corrected chi connectivity index (χ3v) is 5.77. The van der Waals surface area contributed by atoms with Crippen molar-refractivity contribution in [1.29, 1.82) is 0 Å². The number of nitrogens with zero attached hydrogens (tertiary/aromatic N) is 2. The zero-order valence-corrected chi connectivity index (χ0v) is 13.1. The molecule has 0 bridgehead atoms. The van der Waals surface area contributed by atoms with Crippen LogP contribution in [0.3, 0.4) is 0 Å². The molecule has 2 aliphatic heterocycles. The average molecular weight is 304 g/mol. The maximum atomic E-state index is 5.71. The maximum absolute atomic E-state index is 5.71. The molecule has 112 valence electrons. The third-order valence-electron chi connectivity index (χ3n) is 4.86. The van der Waals surface area contributed by atoms with Crippen molar-refractivity contribution in [2.45, 2.75) is 6.54 Å². The second kappa shape index (κ2) is 5.32. The van der Waals surface area contributed by atoms with Crippen LogP contribution in [0.15, 0.2) is 23.7 Å². The fraction of sp³-hybridized carbons (Fsp3) is 0.562. The summed E-state index contributed by atoms with van der Waals surface area (Å²) in [4.78, 5) is 6.97. The van der Waals surface area contributed by atoms with Crippen LogP contribution in [0.4, 0.5) is 0 Å². The van der Waals surface area contributed by atoms with Crippen LogP contribution in [0.2, 0.25) is 0 Å². The highest BCUT2D eigenvalue weighted by Gasteiger charge is 2.50. The third kappa shape index (κ3) is 2.28. The number of benzene rings is 1. The van der Waals surface area contributed by atoms with E-state index in [0.29, 0.717) is 5.92 Å². The lowest BCUT2D eigenvalue weighted by molar-refractivity contribution is 0.0533. The predicted molar refractivity (Wildman–Crippen MR) is 83.5 cm³/mol. The van der Waals surface area contributed by atoms with Crippen molar-refractivity contribution in [2.24, 2.45) is 11.3 Å². The predicted octanol–water partition coefficient (Wildman–Crippen LogP) is 2.39. The average Bonchev–Trinajstić information content (AvgIpc) is 3.13. The Morgan fingerprint density at radius 3 is 3.38 bits per heavy atom. The van der Waals surface area contributed by atoms with Crippen molar-refractivity contribution in [3.8, 4) is 0 Å². The quantitative estimate of drug-likeness (QED) is 0.869. The number of ether oxygens (including phenoxy) is 2. The SMILES string of the molecule is COC[C@@]12COC[C@@H]1CN(Cc1cccc3ncsc13)C2. The molecule has 0 spiro atoms. The van der Waals surface area contributed by atoms with Crippen molar-refractivity contribution in [2.75, 3.05) is 40.0 Å². The van der Waals surface area contributed by atoms with Crippen LogP contribution in [0.5, 0.6) is 0 Å². The summed E-state index contributed by atoms with van der Waals surface area (Å²) in [6.45, 7) is 5.71. The Kier molecular flexibility index (Phi) is 3.46. The molecule has 4 rings (SSSR count). The number of likely N-dealkylation sites (tertiary alicyclic amines) is 1. The van der Waals surface area contributed by atoms with E-state index in [0.717, 1.165) is 45.0 Å². The summed E-state index contributed by atoms with van der Waals surface area (Å²) in [5.41, 5.74) is 4.65. The van der Waals surface area contributed by atoms with Gasteiger partial charge in [-0.1, -0.05) is 12.1 Å². The van der Waals surface area contributed by atoms with Crippen LogP contribution in [-0.4, -0.2) is 49.9 Å². The van der Waals surface area contributed by atoms with Gasteiger partial charge in [0.2, 0.25) is 0 Å². The Labute approximate surface area is 128 Å². The van der Waals surface area contributed by atoms with Gasteiger partial charge in [0.05, 0.1) is 35.5 Å². The molecule has 3 heterocycles. The van der Waals surface area contributed by atoms with Gasteiger partial charge in [-0.05, 0) is 11.6 Å². The Morgan fingerprint density at radius 1 is 1.52 bits per heavy atom. The van der Waals surface area contributed by atoms with Crippen LogP contribution in [0.1, 0.15) is 5.56 Å². The summed E-state index contributed by atoms with van der Waals surface area (Å²) in [5.74, 6) is 0.609. The van der Waals surface area contributed by atoms with Crippen molar-refractivity contribution >= 4 is 21.6 Å². The van der Waals surface area contributed by atoms with E-state index in [2.05, 4.69) is 28.1 Å². The molecule has 0 unspecified atom stereocenters. The van der Waals surface area contributed by atoms with Crippen LogP contribution in [0.25, 0.3) is 10.2 Å². The maximum Gasteiger partial charge on any atom is 0.0815 e. The highest BCUT2D eigenvalue weighted by molar-refractivity contribution is 7.16. The summed E-state index contributed by atoms with van der Waals surface area (Å²) in [6, 6.07) is 6.44. The van der Waals surface area contributed by atoms with E-state index in [1.54, 1.807) is 18.4 Å². The molecule has 0 saturated carbocycles. The number of methoxy groups -OCH3 is 1. The van der Waals surface area contributed by atoms with Gasteiger partial charge >= 0.3 is 0 Å². The summed E-state index contributed by atoms with van der Waals surface area (Å²) in [7, 11) is 1.80. The van der Waals surface area contributed by atoms with Gasteiger partial charge in [0.1, 0.15) is 0 Å². The van der Waals surface area contributed by atoms with Crippen molar-refractivity contribution in [3.05, 3.63) is 29.3 Å². The monoisotopic (exact) mass is 304 g/mol. The lowest BCUT2D eigenvalue weighted by atomic mass is 9.82. The van der Waals surface area contributed by atoms with E-state index in [9.17, 15) is 0 Å². The van der Waals surface area contributed by atoms with Gasteiger partial charge in [-0.15, -0.1) is 11.3 Å². The van der Waals surface area contributed by atoms with E-state index in [-0.39, 0.29) is 5.41 Å². The van der Waals surface area contributed by atoms with E-state index in [4.69, 9.17) is 9.47 Å². The molecule has 0 amide bonds. The lowest BCUT2D eigenvalue weighted by Crippen LogP contribution is -2.35. The molecule has 0 N–H and O–H groups in total. The van der Waals surface area contributed by atoms with Crippen LogP contribution < -0.4 is 0 Å². The molecule has 0 aliphatic carbocycles. The topological polar surface area (TPSA) is 34.6 Å². The minimum absolute atomic E-state index is 0.205. The minimum Gasteiger partial charge on any atom is -0.384 e. The Morgan fingerprint density at radius 2 is 2.48 bits per heavy atom. The van der Waals surface area contributed by atoms with Crippen molar-refractivity contribution in [1.82, 2.24) is 9.88 Å². The number of hydrogen-bond acceptors (Lipinski definition) is 5. The first kappa shape index (κ1) is 13.6. The smallest absolute Gasteiger partial charge is 0.0815 e. The highest BCUT2D eigenvalue weighted by Crippen LogP contribution is 2.42. The fourth-order valence-electron chi connectivity index (χ4n) is 3.87. The van der Waals surface area contributed by atoms with E-state index >= 15 is 0 Å². The molecule has 21 heavy (non-hydrogen) atoms. The second-order valence-electron chi connectivity index (χ2n) is 6.29. The summed E-state index contributed by atoms with van der Waals surface area (Å²) in [5, 5.41) is 0. The van der Waals surface area contributed by atoms with Gasteiger partial charge in [0.15, 0.2) is 0 Å². The highest BCUT2D eigenvalue weighted by atomic mass is 32.1. The molecular formula is C16H20N2O2S. The molecular weight excluding hydrogens is 284 g/mol. The molecule has 2 aromatic rings. The number of thiazole rings is 1. The van der Waals surface area contributed by atoms with Gasteiger partial charge in [0, 0.05) is 38.1 Å². The molecule has 2 fully saturated rings. The molecule has 2 atom stereocenters. The normalized spacial score (nSPS) is 29.3. The second-order valence-corrected chi connectivity index (χ2v) is 7.15. The molecule has 5 heteroatoms. The molecule has 2 saturated heterocycles. The van der Waals surface area contributed by atoms with Gasteiger partial charge < -0.3 is 9.47 Å². The van der Waals surface area contributed by atoms with Crippen LogP contribution in [-0.2, 0) is 16.0 Å². The Bertz CT molecular complexity index is 644. The minimum atomic E-state index is 0.205. The van der Waals surface area contributed by atoms with Gasteiger partial charge in [-0.25, -0.2) is 4.98 Å². The van der Waals surface area contributed by atoms with Crippen molar-refractivity contribution < 1.29 is 9.47 Å². The largest absolute Gasteiger partial charge is 0.384 e. The van der Waals surface area contributed by atoms with Crippen LogP contribution in [0, 0.1) is 11.3 Å². The van der Waals surface area contributed by atoms with E-state index < -0.39 is 0 Å². The summed E-state index contributed by atoms with van der Waals surface area (Å²) in [6.07, 6.45) is 0. The van der Waals surface area contributed by atoms with E-state index in [1.165, 1.54) is 10.3 Å². The number of fused-ring (bicyclic) bond motifs is 2. The van der Waals surface area contributed by atoms with Crippen LogP contribution >= 0.6 is 11.3 Å². The van der Waals surface area contributed by atoms with Crippen molar-refractivity contribution in [3.63, 3.8) is 0 Å². The number of hydrogen-bond donors (Lipinski definition) is 0. The first-order valence-corrected chi connectivity index (χ1v) is 8.29. The van der Waals surface area contributed by atoms with Gasteiger partial charge in [-0.3, -0.25) is 4.90 Å². The number of rotatable bonds is 4. The standard InChI is InChI=1S/C16H20N2O2S/c1-19-9-16-8-18(6-13(16)7-20-10-16)5-12-3-2-4-14-15(12)21-11-17-14/h2-4,11,13H,5-10H2,1H3/t13-,16-/m0/s1. The van der Waals surface area contributed by atoms with Gasteiger partial charge in [0.25, 0.3) is 0 Å². The zero-order valence-electron chi connectivity index (χ0n) is 12.2. The zero-order chi connectivity index (χ0) is 14.3. The summed E-state index contributed by atoms with van der Waals surface area (Å²) >= 11 is 1.74. The van der Waals surface area contributed by atoms with Gasteiger partial charge in [-0.2, -0.15) is 0 Å². The number of aromatic nitrogens is 1. The summed E-state index contributed by atoms with van der Waals surface area (Å²) < 4.78 is 12.5. The van der Waals surface area contributed by atoms with E-state index in [1.807, 2.05) is 5.51 Å². The molecule has 4 nitrogen and oxygen atoms in total. The first-order chi connectivity index (χ1) is 10.3. The Balaban J connectivity index is 1.55. The first-order valence-electron chi connectivity index (χ1n) is 7.41. The Hall–Kier alpha value is -1.01. The molecule has 2 aliphatic rings.